The first kappa shape index (κ1) is 29.8. The Labute approximate surface area is 246 Å². The minimum atomic E-state index is -0.958. The van der Waals surface area contributed by atoms with Gasteiger partial charge in [0.25, 0.3) is 5.56 Å². The summed E-state index contributed by atoms with van der Waals surface area (Å²) in [6.45, 7) is 3.73. The molecule has 3 atom stereocenters. The van der Waals surface area contributed by atoms with Gasteiger partial charge in [-0.1, -0.05) is 18.2 Å². The maximum atomic E-state index is 15.1. The molecule has 222 valence electrons. The average molecular weight is 598 g/mol. The van der Waals surface area contributed by atoms with Crippen LogP contribution >= 0.6 is 11.9 Å². The van der Waals surface area contributed by atoms with Crippen LogP contribution in [-0.2, 0) is 5.75 Å². The molecule has 1 saturated carbocycles. The van der Waals surface area contributed by atoms with Gasteiger partial charge in [-0.05, 0) is 82.6 Å². The lowest BCUT2D eigenvalue weighted by molar-refractivity contribution is 0.109. The van der Waals surface area contributed by atoms with Gasteiger partial charge in [0.2, 0.25) is 5.95 Å². The summed E-state index contributed by atoms with van der Waals surface area (Å²) < 4.78 is 47.4. The largest absolute Gasteiger partial charge is 0.351 e. The van der Waals surface area contributed by atoms with Crippen molar-refractivity contribution in [1.29, 1.82) is 0 Å². The predicted octanol–water partition coefficient (Wildman–Crippen LogP) is 6.21. The molecule has 2 heterocycles. The Bertz CT molecular complexity index is 1610. The van der Waals surface area contributed by atoms with Crippen molar-refractivity contribution < 1.29 is 13.2 Å². The van der Waals surface area contributed by atoms with Crippen molar-refractivity contribution in [2.75, 3.05) is 24.1 Å². The van der Waals surface area contributed by atoms with E-state index in [1.54, 1.807) is 24.3 Å². The van der Waals surface area contributed by atoms with Crippen molar-refractivity contribution in [3.8, 4) is 11.3 Å². The van der Waals surface area contributed by atoms with E-state index in [2.05, 4.69) is 25.0 Å². The van der Waals surface area contributed by atoms with Crippen molar-refractivity contribution in [2.24, 2.45) is 0 Å². The third-order valence-corrected chi connectivity index (χ3v) is 8.30. The number of hydrogen-bond donors (Lipinski definition) is 2. The van der Waals surface area contributed by atoms with Gasteiger partial charge in [-0.3, -0.25) is 9.36 Å². The Morgan fingerprint density at radius 3 is 2.52 bits per heavy atom. The van der Waals surface area contributed by atoms with Crippen molar-refractivity contribution in [1.82, 2.24) is 24.4 Å². The lowest BCUT2D eigenvalue weighted by atomic mass is 9.89. The summed E-state index contributed by atoms with van der Waals surface area (Å²) in [6, 6.07) is 10.1. The molecule has 4 aromatic rings. The zero-order valence-corrected chi connectivity index (χ0v) is 24.8. The molecule has 0 radical (unpaired) electrons. The molecule has 1 aliphatic carbocycles. The van der Waals surface area contributed by atoms with Crippen molar-refractivity contribution >= 4 is 34.7 Å². The van der Waals surface area contributed by atoms with E-state index in [4.69, 9.17) is 0 Å². The van der Waals surface area contributed by atoms with Crippen LogP contribution in [0.25, 0.3) is 22.4 Å². The highest BCUT2D eigenvalue weighted by molar-refractivity contribution is 7.99. The number of rotatable bonds is 9. The van der Waals surface area contributed by atoms with Crippen LogP contribution in [-0.4, -0.2) is 56.8 Å². The third-order valence-electron chi connectivity index (χ3n) is 7.46. The molecule has 12 heteroatoms. The molecule has 2 N–H and O–H groups in total. The van der Waals surface area contributed by atoms with Gasteiger partial charge in [-0.25, -0.2) is 23.1 Å². The maximum absolute atomic E-state index is 15.1. The minimum Gasteiger partial charge on any atom is -0.351 e. The van der Waals surface area contributed by atoms with E-state index < -0.39 is 17.5 Å². The Morgan fingerprint density at radius 1 is 1.10 bits per heavy atom. The fourth-order valence-electron chi connectivity index (χ4n) is 5.26. The molecular formula is C30H34F3N7OS. The number of nitrogens with one attached hydrogen (secondary N) is 2. The van der Waals surface area contributed by atoms with Crippen molar-refractivity contribution in [2.45, 2.75) is 63.2 Å². The summed E-state index contributed by atoms with van der Waals surface area (Å²) in [5, 5.41) is 3.24. The Kier molecular flexibility index (Phi) is 9.02. The Balaban J connectivity index is 1.36. The van der Waals surface area contributed by atoms with E-state index in [0.29, 0.717) is 34.8 Å². The Hall–Kier alpha value is -3.64. The highest BCUT2D eigenvalue weighted by atomic mass is 32.2. The quantitative estimate of drug-likeness (QED) is 0.221. The van der Waals surface area contributed by atoms with E-state index in [-0.39, 0.29) is 35.3 Å². The maximum Gasteiger partial charge on any atom is 0.278 e. The summed E-state index contributed by atoms with van der Waals surface area (Å²) in [6.07, 6.45) is 2.42. The van der Waals surface area contributed by atoms with E-state index >= 15 is 4.39 Å². The van der Waals surface area contributed by atoms with E-state index in [0.717, 1.165) is 18.4 Å². The highest BCUT2D eigenvalue weighted by Crippen LogP contribution is 2.28. The first-order valence-corrected chi connectivity index (χ1v) is 14.9. The van der Waals surface area contributed by atoms with Crippen LogP contribution in [0.4, 0.5) is 24.8 Å². The summed E-state index contributed by atoms with van der Waals surface area (Å²) in [5.74, 6) is -0.0292. The smallest absolute Gasteiger partial charge is 0.278 e. The van der Waals surface area contributed by atoms with E-state index in [1.165, 1.54) is 40.9 Å². The zero-order chi connectivity index (χ0) is 30.0. The summed E-state index contributed by atoms with van der Waals surface area (Å²) in [7, 11) is 3.78. The first-order chi connectivity index (χ1) is 20.1. The van der Waals surface area contributed by atoms with E-state index in [1.807, 2.05) is 32.8 Å². The van der Waals surface area contributed by atoms with Gasteiger partial charge < -0.3 is 14.9 Å². The summed E-state index contributed by atoms with van der Waals surface area (Å²) >= 11 is 1.27. The first-order valence-electron chi connectivity index (χ1n) is 13.9. The monoisotopic (exact) mass is 597 g/mol. The lowest BCUT2D eigenvalue weighted by Gasteiger charge is -2.35. The summed E-state index contributed by atoms with van der Waals surface area (Å²) in [4.78, 5) is 29.1. The van der Waals surface area contributed by atoms with Crippen molar-refractivity contribution in [3.05, 3.63) is 76.2 Å². The molecule has 0 spiro atoms. The molecule has 2 aromatic carbocycles. The molecule has 3 unspecified atom stereocenters. The average Bonchev–Trinajstić information content (AvgIpc) is 2.94. The molecule has 2 aromatic heterocycles. The molecule has 0 bridgehead atoms. The van der Waals surface area contributed by atoms with Gasteiger partial charge >= 0.3 is 0 Å². The van der Waals surface area contributed by atoms with Gasteiger partial charge in [0, 0.05) is 35.9 Å². The number of alkyl halides is 1. The van der Waals surface area contributed by atoms with Crippen LogP contribution in [0.2, 0.25) is 0 Å². The molecule has 0 saturated heterocycles. The Morgan fingerprint density at radius 2 is 1.86 bits per heavy atom. The molecular weight excluding hydrogens is 563 g/mol. The molecule has 1 aliphatic rings. The van der Waals surface area contributed by atoms with Gasteiger partial charge in [0.1, 0.15) is 29.0 Å². The molecule has 1 fully saturated rings. The topological polar surface area (TPSA) is 88.0 Å². The van der Waals surface area contributed by atoms with Crippen molar-refractivity contribution in [3.63, 3.8) is 0 Å². The second kappa shape index (κ2) is 12.7. The standard InChI is InChI=1S/C30H34F3N7OS/c1-17(2)40-28-25(15-34-30(37-28)35-21-10-12-26(39(3)4)23(33)14-21)36-27(29(40)41)19-7-11-24(22(32)13-19)38-42-16-18-5-8-20(31)9-6-18/h5-9,11,13,15,17,21,23,26,38H,10,12,14,16H2,1-4H3,(H,34,35,37). The van der Waals surface area contributed by atoms with Crippen LogP contribution in [0.3, 0.4) is 0 Å². The third kappa shape index (κ3) is 6.54. The number of fused-ring (bicyclic) bond motifs is 1. The molecule has 0 aliphatic heterocycles. The number of anilines is 2. The highest BCUT2D eigenvalue weighted by Gasteiger charge is 2.32. The minimum absolute atomic E-state index is 0.0900. The molecule has 0 amide bonds. The van der Waals surface area contributed by atoms with Crippen LogP contribution in [0, 0.1) is 11.6 Å². The van der Waals surface area contributed by atoms with Gasteiger partial charge in [0.15, 0.2) is 5.65 Å². The summed E-state index contributed by atoms with van der Waals surface area (Å²) in [5.41, 5.74) is 1.91. The number of nitrogens with zero attached hydrogens (tertiary/aromatic N) is 5. The van der Waals surface area contributed by atoms with Gasteiger partial charge in [-0.15, -0.1) is 0 Å². The zero-order valence-electron chi connectivity index (χ0n) is 23.9. The van der Waals surface area contributed by atoms with Crippen LogP contribution in [0.5, 0.6) is 0 Å². The van der Waals surface area contributed by atoms with Crippen LogP contribution in [0.15, 0.2) is 53.5 Å². The normalized spacial score (nSPS) is 19.0. The predicted molar refractivity (Wildman–Crippen MR) is 162 cm³/mol. The number of hydrogen-bond acceptors (Lipinski definition) is 8. The fourth-order valence-corrected chi connectivity index (χ4v) is 6.01. The van der Waals surface area contributed by atoms with Gasteiger partial charge in [0.05, 0.1) is 11.9 Å². The molecule has 42 heavy (non-hydrogen) atoms. The number of benzene rings is 2. The molecule has 5 rings (SSSR count). The van der Waals surface area contributed by atoms with E-state index in [9.17, 15) is 13.6 Å². The number of halogens is 3. The van der Waals surface area contributed by atoms with Gasteiger partial charge in [-0.2, -0.15) is 4.98 Å². The lowest BCUT2D eigenvalue weighted by Crippen LogP contribution is -2.44. The second-order valence-corrected chi connectivity index (χ2v) is 11.8. The fraction of sp³-hybridized carbons (Fsp3) is 0.400. The SMILES string of the molecule is CC(C)n1c(=O)c(-c2ccc(NSCc3ccc(F)cc3)c(F)c2)nc2cnc(NC3CCC(N(C)C)C(F)C3)nc21. The van der Waals surface area contributed by atoms with Crippen LogP contribution in [0.1, 0.15) is 44.7 Å². The second-order valence-electron chi connectivity index (χ2n) is 11.0. The number of aromatic nitrogens is 4. The van der Waals surface area contributed by atoms with Crippen LogP contribution < -0.4 is 15.6 Å². The molecule has 8 nitrogen and oxygen atoms in total.